The standard InChI is InChI=1S/C14H20O4S/c1-2-8-18-9-10-19(17)13(14(15)16)11-12-6-4-3-5-7-12/h3-7,13H,2,8-11H2,1H3,(H,15,16). The molecule has 0 aliphatic rings. The van der Waals surface area contributed by atoms with E-state index in [0.717, 1.165) is 12.0 Å². The largest absolute Gasteiger partial charge is 0.480 e. The lowest BCUT2D eigenvalue weighted by Crippen LogP contribution is -2.30. The smallest absolute Gasteiger partial charge is 0.319 e. The van der Waals surface area contributed by atoms with Crippen molar-refractivity contribution in [2.75, 3.05) is 19.0 Å². The number of ether oxygens (including phenoxy) is 1. The molecule has 2 atom stereocenters. The first-order valence-electron chi connectivity index (χ1n) is 6.36. The number of carboxylic acids is 1. The van der Waals surface area contributed by atoms with Crippen molar-refractivity contribution in [3.63, 3.8) is 0 Å². The second-order valence-corrected chi connectivity index (χ2v) is 5.95. The number of carbonyl (C=O) groups is 1. The molecule has 19 heavy (non-hydrogen) atoms. The van der Waals surface area contributed by atoms with Gasteiger partial charge in [-0.3, -0.25) is 9.00 Å². The third-order valence-corrected chi connectivity index (χ3v) is 4.21. The van der Waals surface area contributed by atoms with Crippen LogP contribution in [0, 0.1) is 0 Å². The Labute approximate surface area is 116 Å². The molecule has 0 heterocycles. The van der Waals surface area contributed by atoms with E-state index in [1.807, 2.05) is 37.3 Å². The van der Waals surface area contributed by atoms with Gasteiger partial charge in [0.25, 0.3) is 0 Å². The van der Waals surface area contributed by atoms with Crippen LogP contribution in [0.4, 0.5) is 0 Å². The molecule has 0 aliphatic heterocycles. The molecule has 0 amide bonds. The minimum absolute atomic E-state index is 0.268. The van der Waals surface area contributed by atoms with Crippen LogP contribution in [0.2, 0.25) is 0 Å². The number of carboxylic acid groups (broad SMARTS) is 1. The Morgan fingerprint density at radius 3 is 2.58 bits per heavy atom. The highest BCUT2D eigenvalue weighted by atomic mass is 32.2. The van der Waals surface area contributed by atoms with Crippen LogP contribution in [0.15, 0.2) is 30.3 Å². The van der Waals surface area contributed by atoms with Crippen LogP contribution in [0.25, 0.3) is 0 Å². The van der Waals surface area contributed by atoms with Gasteiger partial charge in [0.2, 0.25) is 0 Å². The summed E-state index contributed by atoms with van der Waals surface area (Å²) in [7, 11) is -1.42. The molecule has 4 nitrogen and oxygen atoms in total. The van der Waals surface area contributed by atoms with E-state index in [-0.39, 0.29) is 12.2 Å². The third kappa shape index (κ3) is 5.98. The Hall–Kier alpha value is -1.20. The minimum atomic E-state index is -1.42. The quantitative estimate of drug-likeness (QED) is 0.703. The van der Waals surface area contributed by atoms with Gasteiger partial charge in [-0.15, -0.1) is 0 Å². The maximum Gasteiger partial charge on any atom is 0.319 e. The summed E-state index contributed by atoms with van der Waals surface area (Å²) in [6.45, 7) is 2.96. The SMILES string of the molecule is CCCOCCS(=O)C(Cc1ccccc1)C(=O)O. The van der Waals surface area contributed by atoms with Crippen LogP contribution >= 0.6 is 0 Å². The van der Waals surface area contributed by atoms with E-state index in [1.54, 1.807) is 0 Å². The highest BCUT2D eigenvalue weighted by molar-refractivity contribution is 7.86. The van der Waals surface area contributed by atoms with Gasteiger partial charge in [0.1, 0.15) is 5.25 Å². The molecule has 0 saturated heterocycles. The molecule has 0 aliphatic carbocycles. The van der Waals surface area contributed by atoms with Gasteiger partial charge in [0.15, 0.2) is 0 Å². The van der Waals surface area contributed by atoms with Crippen molar-refractivity contribution < 1.29 is 18.8 Å². The van der Waals surface area contributed by atoms with Crippen molar-refractivity contribution in [2.24, 2.45) is 0 Å². The highest BCUT2D eigenvalue weighted by Gasteiger charge is 2.24. The molecule has 0 spiro atoms. The molecule has 1 aromatic carbocycles. The van der Waals surface area contributed by atoms with Gasteiger partial charge in [0, 0.05) is 23.2 Å². The maximum atomic E-state index is 12.0. The Kier molecular flexibility index (Phi) is 7.36. The summed E-state index contributed by atoms with van der Waals surface area (Å²) in [6.07, 6.45) is 1.19. The van der Waals surface area contributed by atoms with Crippen LogP contribution < -0.4 is 0 Å². The molecule has 5 heteroatoms. The Balaban J connectivity index is 2.52. The normalized spacial score (nSPS) is 13.9. The fraction of sp³-hybridized carbons (Fsp3) is 0.500. The van der Waals surface area contributed by atoms with Crippen molar-refractivity contribution >= 4 is 16.8 Å². The van der Waals surface area contributed by atoms with Gasteiger partial charge >= 0.3 is 5.97 Å². The van der Waals surface area contributed by atoms with Gasteiger partial charge in [-0.05, 0) is 18.4 Å². The minimum Gasteiger partial charge on any atom is -0.480 e. The van der Waals surface area contributed by atoms with Crippen molar-refractivity contribution in [1.29, 1.82) is 0 Å². The lowest BCUT2D eigenvalue weighted by atomic mass is 10.1. The molecule has 1 aromatic rings. The number of hydrogen-bond acceptors (Lipinski definition) is 3. The fourth-order valence-corrected chi connectivity index (χ4v) is 2.82. The van der Waals surface area contributed by atoms with E-state index in [4.69, 9.17) is 4.74 Å². The van der Waals surface area contributed by atoms with E-state index < -0.39 is 22.0 Å². The molecular weight excluding hydrogens is 264 g/mol. The predicted octanol–water partition coefficient (Wildman–Crippen LogP) is 1.86. The zero-order valence-electron chi connectivity index (χ0n) is 11.1. The fourth-order valence-electron chi connectivity index (χ4n) is 1.65. The molecule has 2 unspecified atom stereocenters. The average molecular weight is 284 g/mol. The summed E-state index contributed by atoms with van der Waals surface area (Å²) < 4.78 is 17.3. The van der Waals surface area contributed by atoms with E-state index in [2.05, 4.69) is 0 Å². The lowest BCUT2D eigenvalue weighted by Gasteiger charge is -2.12. The van der Waals surface area contributed by atoms with E-state index >= 15 is 0 Å². The summed E-state index contributed by atoms with van der Waals surface area (Å²) in [5.41, 5.74) is 0.887. The van der Waals surface area contributed by atoms with Gasteiger partial charge in [-0.2, -0.15) is 0 Å². The molecule has 0 saturated carbocycles. The van der Waals surface area contributed by atoms with Crippen LogP contribution in [0.3, 0.4) is 0 Å². The van der Waals surface area contributed by atoms with Gasteiger partial charge < -0.3 is 9.84 Å². The molecular formula is C14H20O4S. The van der Waals surface area contributed by atoms with Gasteiger partial charge in [-0.25, -0.2) is 0 Å². The van der Waals surface area contributed by atoms with Crippen LogP contribution in [-0.4, -0.2) is 39.5 Å². The molecule has 1 N–H and O–H groups in total. The Morgan fingerprint density at radius 2 is 2.00 bits per heavy atom. The molecule has 0 fully saturated rings. The molecule has 0 radical (unpaired) electrons. The first kappa shape index (κ1) is 15.9. The van der Waals surface area contributed by atoms with Crippen molar-refractivity contribution in [3.8, 4) is 0 Å². The molecule has 0 aromatic heterocycles. The molecule has 106 valence electrons. The lowest BCUT2D eigenvalue weighted by molar-refractivity contribution is -0.136. The molecule has 1 rings (SSSR count). The topological polar surface area (TPSA) is 63.6 Å². The van der Waals surface area contributed by atoms with E-state index in [9.17, 15) is 14.1 Å². The Bertz CT molecular complexity index is 405. The summed E-state index contributed by atoms with van der Waals surface area (Å²) >= 11 is 0. The summed E-state index contributed by atoms with van der Waals surface area (Å²) in [6, 6.07) is 9.26. The third-order valence-electron chi connectivity index (χ3n) is 2.63. The Morgan fingerprint density at radius 1 is 1.32 bits per heavy atom. The zero-order chi connectivity index (χ0) is 14.1. The van der Waals surface area contributed by atoms with Crippen molar-refractivity contribution in [2.45, 2.75) is 25.0 Å². The molecule has 0 bridgehead atoms. The van der Waals surface area contributed by atoms with E-state index in [0.29, 0.717) is 13.2 Å². The van der Waals surface area contributed by atoms with Crippen molar-refractivity contribution in [1.82, 2.24) is 0 Å². The predicted molar refractivity (Wildman–Crippen MR) is 75.7 cm³/mol. The summed E-state index contributed by atoms with van der Waals surface area (Å²) in [5.74, 6) is -0.748. The van der Waals surface area contributed by atoms with Crippen LogP contribution in [0.5, 0.6) is 0 Å². The zero-order valence-corrected chi connectivity index (χ0v) is 11.9. The number of rotatable bonds is 9. The van der Waals surface area contributed by atoms with Crippen molar-refractivity contribution in [3.05, 3.63) is 35.9 Å². The number of aliphatic carboxylic acids is 1. The monoisotopic (exact) mass is 284 g/mol. The van der Waals surface area contributed by atoms with Crippen LogP contribution in [-0.2, 0) is 26.8 Å². The number of benzene rings is 1. The van der Waals surface area contributed by atoms with Crippen LogP contribution in [0.1, 0.15) is 18.9 Å². The first-order chi connectivity index (χ1) is 9.15. The maximum absolute atomic E-state index is 12.0. The highest BCUT2D eigenvalue weighted by Crippen LogP contribution is 2.09. The first-order valence-corrected chi connectivity index (χ1v) is 7.75. The number of hydrogen-bond donors (Lipinski definition) is 1. The summed E-state index contributed by atoms with van der Waals surface area (Å²) in [5, 5.41) is 8.31. The van der Waals surface area contributed by atoms with Gasteiger partial charge in [-0.1, -0.05) is 37.3 Å². The van der Waals surface area contributed by atoms with E-state index in [1.165, 1.54) is 0 Å². The van der Waals surface area contributed by atoms with Gasteiger partial charge in [0.05, 0.1) is 6.61 Å². The summed E-state index contributed by atoms with van der Waals surface area (Å²) in [4.78, 5) is 11.2. The second-order valence-electron chi connectivity index (χ2n) is 4.21. The second kappa shape index (κ2) is 8.82. The average Bonchev–Trinajstić information content (AvgIpc) is 2.41.